The molecule has 8 nitrogen and oxygen atoms in total. The van der Waals surface area contributed by atoms with Gasteiger partial charge in [0.25, 0.3) is 0 Å². The molecular weight excluding hydrogens is 368 g/mol. The Hall–Kier alpha value is -2.12. The third-order valence-electron chi connectivity index (χ3n) is 4.45. The largest absolute Gasteiger partial charge is 0.481 e. The first-order valence-electron chi connectivity index (χ1n) is 9.50. The molecule has 0 amide bonds. The Morgan fingerprint density at radius 2 is 0.857 bits per heavy atom. The molecule has 0 atom stereocenters. The fourth-order valence-electron chi connectivity index (χ4n) is 2.79. The van der Waals surface area contributed by atoms with E-state index in [0.29, 0.717) is 25.7 Å². The number of carboxylic acids is 2. The molecule has 0 aromatic carbocycles. The van der Waals surface area contributed by atoms with Crippen LogP contribution in [0.25, 0.3) is 0 Å². The smallest absolute Gasteiger partial charge is 0.309 e. The fourth-order valence-corrected chi connectivity index (χ4v) is 2.79. The average Bonchev–Trinajstić information content (AvgIpc) is 2.29. The Balaban J connectivity index is 0.000000280. The van der Waals surface area contributed by atoms with Crippen molar-refractivity contribution in [1.29, 1.82) is 0 Å². The summed E-state index contributed by atoms with van der Waals surface area (Å²) in [6.07, 6.45) is 1.68. The summed E-state index contributed by atoms with van der Waals surface area (Å²) >= 11 is 0. The molecule has 0 aliphatic heterocycles. The maximum atomic E-state index is 11.4. The fraction of sp³-hybridized carbons (Fsp3) is 0.800. The van der Waals surface area contributed by atoms with E-state index < -0.39 is 23.1 Å². The van der Waals surface area contributed by atoms with Crippen molar-refractivity contribution in [3.05, 3.63) is 0 Å². The third kappa shape index (κ3) is 7.86. The Labute approximate surface area is 165 Å². The van der Waals surface area contributed by atoms with E-state index in [4.69, 9.17) is 19.7 Å². The van der Waals surface area contributed by atoms with Crippen molar-refractivity contribution < 1.29 is 38.9 Å². The van der Waals surface area contributed by atoms with Crippen LogP contribution in [-0.4, -0.2) is 45.3 Å². The normalized spacial score (nSPS) is 26.5. The van der Waals surface area contributed by atoms with Crippen LogP contribution in [0.4, 0.5) is 0 Å². The standard InChI is InChI=1S/2C10H16O4/c2*1-10(2,3)14-9(13)7-4-6(5-7)8(11)12/h2*6-7H,4-5H2,1-3H3,(H,11,12). The van der Waals surface area contributed by atoms with Crippen LogP contribution in [0, 0.1) is 23.7 Å². The van der Waals surface area contributed by atoms with E-state index in [1.54, 1.807) is 41.5 Å². The molecule has 0 aromatic heterocycles. The van der Waals surface area contributed by atoms with E-state index in [1.807, 2.05) is 0 Å². The van der Waals surface area contributed by atoms with Gasteiger partial charge >= 0.3 is 23.9 Å². The van der Waals surface area contributed by atoms with Crippen molar-refractivity contribution in [2.24, 2.45) is 23.7 Å². The van der Waals surface area contributed by atoms with E-state index in [2.05, 4.69) is 0 Å². The molecule has 2 saturated carbocycles. The number of hydrogen-bond donors (Lipinski definition) is 2. The predicted molar refractivity (Wildman–Crippen MR) is 99.4 cm³/mol. The highest BCUT2D eigenvalue weighted by Gasteiger charge is 2.41. The molecule has 0 saturated heterocycles. The molecule has 0 bridgehead atoms. The summed E-state index contributed by atoms with van der Waals surface area (Å²) in [6.45, 7) is 10.8. The molecule has 0 radical (unpaired) electrons. The van der Waals surface area contributed by atoms with Gasteiger partial charge in [-0.2, -0.15) is 0 Å². The van der Waals surface area contributed by atoms with Gasteiger partial charge in [0, 0.05) is 0 Å². The predicted octanol–water partition coefficient (Wildman–Crippen LogP) is 2.88. The second-order valence-electron chi connectivity index (χ2n) is 9.47. The highest BCUT2D eigenvalue weighted by Crippen LogP contribution is 2.36. The molecular formula is C20H32O8. The topological polar surface area (TPSA) is 127 Å². The van der Waals surface area contributed by atoms with Gasteiger partial charge in [-0.05, 0) is 67.2 Å². The number of carbonyl (C=O) groups excluding carboxylic acids is 2. The molecule has 160 valence electrons. The molecule has 0 spiro atoms. The van der Waals surface area contributed by atoms with Crippen LogP contribution in [0.2, 0.25) is 0 Å². The van der Waals surface area contributed by atoms with Gasteiger partial charge in [0.15, 0.2) is 0 Å². The van der Waals surface area contributed by atoms with Crippen LogP contribution >= 0.6 is 0 Å². The lowest BCUT2D eigenvalue weighted by molar-refractivity contribution is -0.169. The zero-order valence-electron chi connectivity index (χ0n) is 17.5. The molecule has 0 heterocycles. The van der Waals surface area contributed by atoms with E-state index in [0.717, 1.165) is 0 Å². The number of esters is 2. The molecule has 8 heteroatoms. The quantitative estimate of drug-likeness (QED) is 0.690. The van der Waals surface area contributed by atoms with Gasteiger partial charge in [-0.3, -0.25) is 19.2 Å². The first-order valence-corrected chi connectivity index (χ1v) is 9.50. The Kier molecular flexibility index (Phi) is 7.62. The van der Waals surface area contributed by atoms with E-state index in [1.165, 1.54) is 0 Å². The molecule has 0 unspecified atom stereocenters. The van der Waals surface area contributed by atoms with Gasteiger partial charge < -0.3 is 19.7 Å². The summed E-state index contributed by atoms with van der Waals surface area (Å²) in [6, 6.07) is 0. The molecule has 2 aliphatic rings. The zero-order valence-corrected chi connectivity index (χ0v) is 17.5. The van der Waals surface area contributed by atoms with Gasteiger partial charge in [0.1, 0.15) is 11.2 Å². The van der Waals surface area contributed by atoms with E-state index >= 15 is 0 Å². The summed E-state index contributed by atoms with van der Waals surface area (Å²) in [7, 11) is 0. The summed E-state index contributed by atoms with van der Waals surface area (Å²) < 4.78 is 10.3. The van der Waals surface area contributed by atoms with Crippen molar-refractivity contribution in [2.75, 3.05) is 0 Å². The number of rotatable bonds is 4. The molecule has 2 N–H and O–H groups in total. The maximum absolute atomic E-state index is 11.4. The van der Waals surface area contributed by atoms with Crippen LogP contribution in [0.3, 0.4) is 0 Å². The highest BCUT2D eigenvalue weighted by atomic mass is 16.6. The minimum atomic E-state index is -0.815. The average molecular weight is 400 g/mol. The second kappa shape index (κ2) is 8.92. The van der Waals surface area contributed by atoms with Crippen LogP contribution in [0.1, 0.15) is 67.2 Å². The number of aliphatic carboxylic acids is 2. The second-order valence-corrected chi connectivity index (χ2v) is 9.47. The van der Waals surface area contributed by atoms with Crippen LogP contribution < -0.4 is 0 Å². The van der Waals surface area contributed by atoms with Crippen molar-refractivity contribution in [3.63, 3.8) is 0 Å². The van der Waals surface area contributed by atoms with Gasteiger partial charge in [-0.1, -0.05) is 0 Å². The minimum Gasteiger partial charge on any atom is -0.481 e. The lowest BCUT2D eigenvalue weighted by atomic mass is 9.75. The summed E-state index contributed by atoms with van der Waals surface area (Å²) in [4.78, 5) is 43.8. The van der Waals surface area contributed by atoms with Gasteiger partial charge in [0.2, 0.25) is 0 Å². The summed E-state index contributed by atoms with van der Waals surface area (Å²) in [5, 5.41) is 17.2. The SMILES string of the molecule is CC(C)(C)OC(=O)C1CC(C(=O)O)C1.CC(C)(C)OC(=O)C1CC(C(=O)O)C1. The molecule has 2 aliphatic carbocycles. The first-order chi connectivity index (χ1) is 12.6. The van der Waals surface area contributed by atoms with Crippen LogP contribution in [-0.2, 0) is 28.7 Å². The Bertz CT molecular complexity index is 545. The number of hydrogen-bond acceptors (Lipinski definition) is 6. The molecule has 2 fully saturated rings. The first kappa shape index (κ1) is 23.9. The monoisotopic (exact) mass is 400 g/mol. The molecule has 2 rings (SSSR count). The Morgan fingerprint density at radius 1 is 0.607 bits per heavy atom. The highest BCUT2D eigenvalue weighted by molar-refractivity contribution is 5.80. The minimum absolute atomic E-state index is 0.213. The lowest BCUT2D eigenvalue weighted by Gasteiger charge is -2.32. The number of carbonyl (C=O) groups is 4. The van der Waals surface area contributed by atoms with Crippen molar-refractivity contribution in [1.82, 2.24) is 0 Å². The van der Waals surface area contributed by atoms with Crippen molar-refractivity contribution in [3.8, 4) is 0 Å². The zero-order chi connectivity index (χ0) is 21.9. The maximum Gasteiger partial charge on any atom is 0.309 e. The third-order valence-corrected chi connectivity index (χ3v) is 4.45. The summed E-state index contributed by atoms with van der Waals surface area (Å²) in [5.74, 6) is -3.30. The van der Waals surface area contributed by atoms with Gasteiger partial charge in [-0.25, -0.2) is 0 Å². The van der Waals surface area contributed by atoms with Crippen LogP contribution in [0.15, 0.2) is 0 Å². The molecule has 28 heavy (non-hydrogen) atoms. The van der Waals surface area contributed by atoms with Crippen molar-refractivity contribution in [2.45, 2.75) is 78.4 Å². The lowest BCUT2D eigenvalue weighted by Crippen LogP contribution is -2.38. The van der Waals surface area contributed by atoms with Crippen LogP contribution in [0.5, 0.6) is 0 Å². The van der Waals surface area contributed by atoms with Gasteiger partial charge in [-0.15, -0.1) is 0 Å². The van der Waals surface area contributed by atoms with Gasteiger partial charge in [0.05, 0.1) is 23.7 Å². The van der Waals surface area contributed by atoms with E-state index in [-0.39, 0.29) is 35.6 Å². The Morgan fingerprint density at radius 3 is 1.04 bits per heavy atom. The summed E-state index contributed by atoms with van der Waals surface area (Å²) in [5.41, 5.74) is -0.962. The number of ether oxygens (including phenoxy) is 2. The molecule has 0 aromatic rings. The van der Waals surface area contributed by atoms with Crippen molar-refractivity contribution >= 4 is 23.9 Å². The van der Waals surface area contributed by atoms with E-state index in [9.17, 15) is 19.2 Å². The number of carboxylic acid groups (broad SMARTS) is 2.